The first-order valence-electron chi connectivity index (χ1n) is 9.57. The van der Waals surface area contributed by atoms with Gasteiger partial charge in [0.1, 0.15) is 24.3 Å². The molecule has 4 rings (SSSR count). The zero-order chi connectivity index (χ0) is 21.3. The number of carbonyl (C=O) groups is 1. The van der Waals surface area contributed by atoms with Crippen molar-refractivity contribution >= 4 is 17.9 Å². The molecule has 9 nitrogen and oxygen atoms in total. The molecule has 3 heterocycles. The lowest BCUT2D eigenvalue weighted by Crippen LogP contribution is -2.37. The van der Waals surface area contributed by atoms with Crippen molar-refractivity contribution in [1.82, 2.24) is 20.1 Å². The smallest absolute Gasteiger partial charge is 0.415 e. The maximum absolute atomic E-state index is 13.1. The van der Waals surface area contributed by atoms with Gasteiger partial charge in [0.05, 0.1) is 6.04 Å². The molecule has 1 aliphatic heterocycles. The van der Waals surface area contributed by atoms with Gasteiger partial charge in [-0.05, 0) is 43.2 Å². The molecule has 3 aromatic rings. The van der Waals surface area contributed by atoms with Crippen molar-refractivity contribution < 1.29 is 18.4 Å². The predicted octanol–water partition coefficient (Wildman–Crippen LogP) is 3.82. The lowest BCUT2D eigenvalue weighted by Gasteiger charge is -2.23. The fourth-order valence-corrected chi connectivity index (χ4v) is 3.13. The Hall–Kier alpha value is -3.56. The largest absolute Gasteiger partial charge is 0.447 e. The summed E-state index contributed by atoms with van der Waals surface area (Å²) in [6.07, 6.45) is 1.14. The van der Waals surface area contributed by atoms with Gasteiger partial charge in [-0.2, -0.15) is 9.97 Å². The normalized spacial score (nSPS) is 17.3. The fraction of sp³-hybridized carbons (Fsp3) is 0.350. The highest BCUT2D eigenvalue weighted by molar-refractivity contribution is 5.89. The molecule has 1 amide bonds. The van der Waals surface area contributed by atoms with Gasteiger partial charge in [-0.1, -0.05) is 19.0 Å². The zero-order valence-corrected chi connectivity index (χ0v) is 16.7. The summed E-state index contributed by atoms with van der Waals surface area (Å²) < 4.78 is 23.6. The van der Waals surface area contributed by atoms with Gasteiger partial charge in [0.2, 0.25) is 17.7 Å². The number of aromatic nitrogens is 4. The van der Waals surface area contributed by atoms with Crippen molar-refractivity contribution in [2.75, 3.05) is 16.8 Å². The highest BCUT2D eigenvalue weighted by Gasteiger charge is 2.37. The number of benzene rings is 1. The number of nitrogens with zero attached hydrogens (tertiary/aromatic N) is 5. The number of hydrogen-bond acceptors (Lipinski definition) is 8. The van der Waals surface area contributed by atoms with Crippen LogP contribution in [0.25, 0.3) is 11.4 Å². The molecule has 156 valence electrons. The van der Waals surface area contributed by atoms with Crippen molar-refractivity contribution in [2.24, 2.45) is 5.92 Å². The number of rotatable bonds is 6. The molecule has 1 unspecified atom stereocenters. The number of cyclic esters (lactones) is 1. The van der Waals surface area contributed by atoms with Crippen LogP contribution >= 0.6 is 0 Å². The molecule has 30 heavy (non-hydrogen) atoms. The summed E-state index contributed by atoms with van der Waals surface area (Å²) in [6, 6.07) is 7.00. The highest BCUT2D eigenvalue weighted by Crippen LogP contribution is 2.27. The first-order valence-corrected chi connectivity index (χ1v) is 9.57. The Labute approximate surface area is 172 Å². The predicted molar refractivity (Wildman–Crippen MR) is 106 cm³/mol. The van der Waals surface area contributed by atoms with Gasteiger partial charge in [0, 0.05) is 11.8 Å². The molecular formula is C20H21FN6O3. The molecule has 0 bridgehead atoms. The van der Waals surface area contributed by atoms with Crippen LogP contribution in [0.15, 0.2) is 41.1 Å². The minimum absolute atomic E-state index is 0.0909. The number of amides is 1. The average Bonchev–Trinajstić information content (AvgIpc) is 3.36. The third kappa shape index (κ3) is 3.93. The van der Waals surface area contributed by atoms with E-state index in [-0.39, 0.29) is 17.8 Å². The molecule has 10 heteroatoms. The van der Waals surface area contributed by atoms with Gasteiger partial charge in [-0.3, -0.25) is 4.90 Å². The van der Waals surface area contributed by atoms with Gasteiger partial charge in [-0.25, -0.2) is 14.2 Å². The number of anilines is 2. The summed E-state index contributed by atoms with van der Waals surface area (Å²) in [5.41, 5.74) is 0.643. The number of ether oxygens (including phenoxy) is 1. The molecule has 0 aliphatic carbocycles. The van der Waals surface area contributed by atoms with Crippen LogP contribution in [0.3, 0.4) is 0 Å². The third-order valence-electron chi connectivity index (χ3n) is 4.82. The van der Waals surface area contributed by atoms with E-state index >= 15 is 0 Å². The first-order chi connectivity index (χ1) is 14.4. The van der Waals surface area contributed by atoms with Gasteiger partial charge < -0.3 is 14.6 Å². The monoisotopic (exact) mass is 412 g/mol. The second-order valence-electron chi connectivity index (χ2n) is 7.33. The molecule has 0 radical (unpaired) electrons. The third-order valence-corrected chi connectivity index (χ3v) is 4.82. The van der Waals surface area contributed by atoms with E-state index in [4.69, 9.17) is 9.26 Å². The number of hydrogen-bond donors (Lipinski definition) is 1. The molecule has 1 aromatic carbocycles. The summed E-state index contributed by atoms with van der Waals surface area (Å²) in [6.45, 7) is 6.19. The Morgan fingerprint density at radius 2 is 1.93 bits per heavy atom. The Morgan fingerprint density at radius 1 is 1.17 bits per heavy atom. The van der Waals surface area contributed by atoms with E-state index in [1.807, 2.05) is 20.8 Å². The summed E-state index contributed by atoms with van der Waals surface area (Å²) >= 11 is 0. The summed E-state index contributed by atoms with van der Waals surface area (Å²) in [7, 11) is 0. The summed E-state index contributed by atoms with van der Waals surface area (Å²) in [5, 5.41) is 7.04. The fourth-order valence-electron chi connectivity index (χ4n) is 3.13. The molecule has 0 saturated carbocycles. The highest BCUT2D eigenvalue weighted by atomic mass is 19.1. The van der Waals surface area contributed by atoms with Crippen LogP contribution in [0, 0.1) is 11.7 Å². The maximum Gasteiger partial charge on any atom is 0.415 e. The summed E-state index contributed by atoms with van der Waals surface area (Å²) in [4.78, 5) is 26.7. The Bertz CT molecular complexity index is 1040. The minimum atomic E-state index is -0.424. The van der Waals surface area contributed by atoms with Gasteiger partial charge in [0.15, 0.2) is 0 Å². The van der Waals surface area contributed by atoms with E-state index in [2.05, 4.69) is 25.4 Å². The van der Waals surface area contributed by atoms with E-state index in [0.29, 0.717) is 35.7 Å². The lowest BCUT2D eigenvalue weighted by molar-refractivity contribution is 0.177. The Morgan fingerprint density at radius 3 is 2.67 bits per heavy atom. The van der Waals surface area contributed by atoms with Gasteiger partial charge in [-0.15, -0.1) is 0 Å². The van der Waals surface area contributed by atoms with Crippen LogP contribution < -0.4 is 10.2 Å². The van der Waals surface area contributed by atoms with Crippen molar-refractivity contribution in [3.63, 3.8) is 0 Å². The van der Waals surface area contributed by atoms with Crippen molar-refractivity contribution in [3.8, 4) is 11.4 Å². The standard InChI is InChI=1S/C20H21FN6O3/c1-11(2)15-10-29-20(28)27(15)16-8-9-22-19(24-16)23-12(3)18-25-17(26-30-18)13-4-6-14(21)7-5-13/h4-9,11-12,15H,10H2,1-3H3,(H,22,23,24)/t12-,15?/m1/s1. The van der Waals surface area contributed by atoms with E-state index in [1.165, 1.54) is 12.1 Å². The molecule has 1 fully saturated rings. The molecule has 1 aliphatic rings. The van der Waals surface area contributed by atoms with E-state index in [1.54, 1.807) is 29.3 Å². The van der Waals surface area contributed by atoms with Crippen LogP contribution in [0.4, 0.5) is 21.0 Å². The summed E-state index contributed by atoms with van der Waals surface area (Å²) in [5.74, 6) is 1.32. The molecule has 1 N–H and O–H groups in total. The van der Waals surface area contributed by atoms with Crippen molar-refractivity contribution in [2.45, 2.75) is 32.9 Å². The van der Waals surface area contributed by atoms with Crippen molar-refractivity contribution in [3.05, 3.63) is 48.2 Å². The number of carbonyl (C=O) groups excluding carboxylic acids is 1. The molecule has 1 saturated heterocycles. The second-order valence-corrected chi connectivity index (χ2v) is 7.33. The molecule has 2 aromatic heterocycles. The SMILES string of the molecule is CC(C)C1COC(=O)N1c1ccnc(N[C@H](C)c2nc(-c3ccc(F)cc3)no2)n1. The van der Waals surface area contributed by atoms with Crippen LogP contribution in [0.2, 0.25) is 0 Å². The Kier molecular flexibility index (Phi) is 5.30. The molecule has 2 atom stereocenters. The first kappa shape index (κ1) is 19.7. The number of halogens is 1. The molecular weight excluding hydrogens is 391 g/mol. The van der Waals surface area contributed by atoms with Crippen molar-refractivity contribution in [1.29, 1.82) is 0 Å². The molecule has 0 spiro atoms. The Balaban J connectivity index is 1.50. The number of nitrogens with one attached hydrogen (secondary N) is 1. The lowest BCUT2D eigenvalue weighted by atomic mass is 10.0. The van der Waals surface area contributed by atoms with E-state index in [0.717, 1.165) is 0 Å². The minimum Gasteiger partial charge on any atom is -0.447 e. The van der Waals surface area contributed by atoms with Crippen LogP contribution in [0.1, 0.15) is 32.7 Å². The van der Waals surface area contributed by atoms with Crippen LogP contribution in [-0.4, -0.2) is 38.9 Å². The van der Waals surface area contributed by atoms with E-state index < -0.39 is 12.1 Å². The van der Waals surface area contributed by atoms with Crippen LogP contribution in [-0.2, 0) is 4.74 Å². The van der Waals surface area contributed by atoms with E-state index in [9.17, 15) is 9.18 Å². The van der Waals surface area contributed by atoms with Gasteiger partial charge in [0.25, 0.3) is 0 Å². The van der Waals surface area contributed by atoms with Crippen LogP contribution in [0.5, 0.6) is 0 Å². The zero-order valence-electron chi connectivity index (χ0n) is 16.7. The van der Waals surface area contributed by atoms with Gasteiger partial charge >= 0.3 is 6.09 Å². The quantitative estimate of drug-likeness (QED) is 0.651. The topological polar surface area (TPSA) is 106 Å². The average molecular weight is 412 g/mol. The second kappa shape index (κ2) is 8.05. The maximum atomic E-state index is 13.1.